The van der Waals surface area contributed by atoms with Crippen LogP contribution in [0.5, 0.6) is 0 Å². The van der Waals surface area contributed by atoms with Crippen LogP contribution in [0.25, 0.3) is 11.1 Å². The smallest absolute Gasteiger partial charge is 0.254 e. The fourth-order valence-corrected chi connectivity index (χ4v) is 3.70. The van der Waals surface area contributed by atoms with E-state index < -0.39 is 0 Å². The van der Waals surface area contributed by atoms with Crippen LogP contribution in [0.1, 0.15) is 38.1 Å². The zero-order chi connectivity index (χ0) is 17.1. The van der Waals surface area contributed by atoms with Gasteiger partial charge in [0.25, 0.3) is 5.91 Å². The van der Waals surface area contributed by atoms with Crippen molar-refractivity contribution in [2.45, 2.75) is 39.8 Å². The van der Waals surface area contributed by atoms with Gasteiger partial charge in [0.1, 0.15) is 0 Å². The summed E-state index contributed by atoms with van der Waals surface area (Å²) in [6.07, 6.45) is 0. The van der Waals surface area contributed by atoms with Gasteiger partial charge in [-0.3, -0.25) is 4.79 Å². The largest absolute Gasteiger partial charge is 0.334 e. The Morgan fingerprint density at radius 3 is 2.22 bits per heavy atom. The molecule has 0 heterocycles. The van der Waals surface area contributed by atoms with Gasteiger partial charge in [0.15, 0.2) is 0 Å². The number of hydrogen-bond acceptors (Lipinski definition) is 1. The second-order valence-corrected chi connectivity index (χ2v) is 7.46. The Morgan fingerprint density at radius 1 is 1.04 bits per heavy atom. The molecular weight excluding hydrogens is 374 g/mol. The molecule has 2 aromatic carbocycles. The van der Waals surface area contributed by atoms with E-state index in [2.05, 4.69) is 15.9 Å². The number of carbonyl (C=O) groups is 1. The van der Waals surface area contributed by atoms with Crippen LogP contribution < -0.4 is 0 Å². The Morgan fingerprint density at radius 2 is 1.65 bits per heavy atom. The van der Waals surface area contributed by atoms with Crippen LogP contribution in [-0.4, -0.2) is 22.9 Å². The van der Waals surface area contributed by atoms with Gasteiger partial charge in [0.05, 0.1) is 0 Å². The first kappa shape index (κ1) is 18.0. The highest BCUT2D eigenvalue weighted by molar-refractivity contribution is 9.10. The van der Waals surface area contributed by atoms with Gasteiger partial charge in [-0.15, -0.1) is 0 Å². The summed E-state index contributed by atoms with van der Waals surface area (Å²) in [5.41, 5.74) is 2.52. The molecule has 0 aliphatic rings. The highest BCUT2D eigenvalue weighted by Gasteiger charge is 2.24. The molecule has 0 spiro atoms. The zero-order valence-electron chi connectivity index (χ0n) is 13.8. The second kappa shape index (κ2) is 7.50. The van der Waals surface area contributed by atoms with Crippen molar-refractivity contribution in [3.8, 4) is 11.1 Å². The number of nitrogens with zero attached hydrogens (tertiary/aromatic N) is 1. The molecule has 0 saturated heterocycles. The highest BCUT2D eigenvalue weighted by atomic mass is 79.9. The minimum absolute atomic E-state index is 0.0432. The maximum Gasteiger partial charge on any atom is 0.254 e. The number of rotatable bonds is 4. The first-order valence-electron chi connectivity index (χ1n) is 7.69. The van der Waals surface area contributed by atoms with Crippen molar-refractivity contribution in [3.63, 3.8) is 0 Å². The van der Waals surface area contributed by atoms with E-state index in [9.17, 15) is 4.79 Å². The maximum absolute atomic E-state index is 13.1. The van der Waals surface area contributed by atoms with Gasteiger partial charge in [-0.25, -0.2) is 0 Å². The number of carbonyl (C=O) groups excluding carboxylic acids is 1. The van der Waals surface area contributed by atoms with Gasteiger partial charge in [-0.2, -0.15) is 0 Å². The SMILES string of the molecule is CC(C)N(C(=O)c1ccccc1-c1cc(Cl)cc(Br)c1)C(C)C. The number of benzene rings is 2. The van der Waals surface area contributed by atoms with Gasteiger partial charge >= 0.3 is 0 Å². The van der Waals surface area contributed by atoms with Crippen molar-refractivity contribution >= 4 is 33.4 Å². The molecule has 4 heteroatoms. The number of halogens is 2. The summed E-state index contributed by atoms with van der Waals surface area (Å²) in [4.78, 5) is 15.0. The van der Waals surface area contributed by atoms with E-state index in [0.29, 0.717) is 10.6 Å². The molecular formula is C19H21BrClNO. The molecule has 0 unspecified atom stereocenters. The van der Waals surface area contributed by atoms with Crippen LogP contribution in [0.4, 0.5) is 0 Å². The van der Waals surface area contributed by atoms with Crippen LogP contribution in [-0.2, 0) is 0 Å². The van der Waals surface area contributed by atoms with Crippen molar-refractivity contribution in [1.82, 2.24) is 4.90 Å². The van der Waals surface area contributed by atoms with E-state index >= 15 is 0 Å². The van der Waals surface area contributed by atoms with E-state index in [1.54, 1.807) is 0 Å². The average Bonchev–Trinajstić information content (AvgIpc) is 2.45. The summed E-state index contributed by atoms with van der Waals surface area (Å²) in [5, 5.41) is 0.640. The van der Waals surface area contributed by atoms with Gasteiger partial charge in [0, 0.05) is 27.1 Å². The topological polar surface area (TPSA) is 20.3 Å². The van der Waals surface area contributed by atoms with Crippen molar-refractivity contribution in [1.29, 1.82) is 0 Å². The average molecular weight is 395 g/mol. The summed E-state index contributed by atoms with van der Waals surface area (Å²) in [6, 6.07) is 13.7. The molecule has 2 nitrogen and oxygen atoms in total. The zero-order valence-corrected chi connectivity index (χ0v) is 16.1. The third-order valence-corrected chi connectivity index (χ3v) is 4.35. The summed E-state index contributed by atoms with van der Waals surface area (Å²) < 4.78 is 0.895. The van der Waals surface area contributed by atoms with Crippen LogP contribution in [0.2, 0.25) is 5.02 Å². The van der Waals surface area contributed by atoms with E-state index in [0.717, 1.165) is 15.6 Å². The summed E-state index contributed by atoms with van der Waals surface area (Å²) >= 11 is 9.64. The quantitative estimate of drug-likeness (QED) is 0.620. The Labute approximate surface area is 151 Å². The molecule has 0 fully saturated rings. The molecule has 0 N–H and O–H groups in total. The lowest BCUT2D eigenvalue weighted by Gasteiger charge is -2.31. The number of amides is 1. The molecule has 0 aromatic heterocycles. The van der Waals surface area contributed by atoms with Crippen molar-refractivity contribution in [2.24, 2.45) is 0 Å². The normalized spacial score (nSPS) is 11.1. The first-order valence-corrected chi connectivity index (χ1v) is 8.86. The lowest BCUT2D eigenvalue weighted by atomic mass is 9.98. The molecule has 0 aliphatic heterocycles. The van der Waals surface area contributed by atoms with Crippen LogP contribution in [0.3, 0.4) is 0 Å². The molecule has 1 amide bonds. The Balaban J connectivity index is 2.55. The summed E-state index contributed by atoms with van der Waals surface area (Å²) in [5.74, 6) is 0.0432. The van der Waals surface area contributed by atoms with Crippen molar-refractivity contribution in [2.75, 3.05) is 0 Å². The van der Waals surface area contributed by atoms with E-state index in [-0.39, 0.29) is 18.0 Å². The van der Waals surface area contributed by atoms with Crippen molar-refractivity contribution in [3.05, 3.63) is 57.5 Å². The summed E-state index contributed by atoms with van der Waals surface area (Å²) in [6.45, 7) is 8.15. The Bertz CT molecular complexity index is 684. The van der Waals surface area contributed by atoms with Crippen molar-refractivity contribution < 1.29 is 4.79 Å². The molecule has 0 bridgehead atoms. The lowest BCUT2D eigenvalue weighted by Crippen LogP contribution is -2.42. The van der Waals surface area contributed by atoms with Gasteiger partial charge in [-0.1, -0.05) is 45.7 Å². The maximum atomic E-state index is 13.1. The molecule has 0 saturated carbocycles. The number of hydrogen-bond donors (Lipinski definition) is 0. The fraction of sp³-hybridized carbons (Fsp3) is 0.316. The van der Waals surface area contributed by atoms with Crippen LogP contribution in [0.15, 0.2) is 46.9 Å². The fourth-order valence-electron chi connectivity index (χ4n) is 2.84. The molecule has 23 heavy (non-hydrogen) atoms. The Hall–Kier alpha value is -1.32. The third kappa shape index (κ3) is 4.15. The van der Waals surface area contributed by atoms with Gasteiger partial charge in [0.2, 0.25) is 0 Å². The van der Waals surface area contributed by atoms with E-state index in [4.69, 9.17) is 11.6 Å². The van der Waals surface area contributed by atoms with E-state index in [1.165, 1.54) is 0 Å². The Kier molecular flexibility index (Phi) is 5.88. The van der Waals surface area contributed by atoms with Crippen LogP contribution in [0, 0.1) is 0 Å². The summed E-state index contributed by atoms with van der Waals surface area (Å²) in [7, 11) is 0. The van der Waals surface area contributed by atoms with E-state index in [1.807, 2.05) is 75.1 Å². The minimum Gasteiger partial charge on any atom is -0.334 e. The molecule has 2 aromatic rings. The lowest BCUT2D eigenvalue weighted by molar-refractivity contribution is 0.0644. The van der Waals surface area contributed by atoms with Gasteiger partial charge < -0.3 is 4.90 Å². The van der Waals surface area contributed by atoms with Gasteiger partial charge in [-0.05, 0) is 63.1 Å². The molecule has 2 rings (SSSR count). The highest BCUT2D eigenvalue weighted by Crippen LogP contribution is 2.31. The monoisotopic (exact) mass is 393 g/mol. The van der Waals surface area contributed by atoms with Crippen LogP contribution >= 0.6 is 27.5 Å². The molecule has 0 atom stereocenters. The molecule has 0 aliphatic carbocycles. The molecule has 122 valence electrons. The second-order valence-electron chi connectivity index (χ2n) is 6.10. The minimum atomic E-state index is 0.0432. The predicted octanol–water partition coefficient (Wildman–Crippen LogP) is 6.03. The standard InChI is InChI=1S/C19H21BrClNO/c1-12(2)22(13(3)4)19(23)18-8-6-5-7-17(18)14-9-15(20)11-16(21)10-14/h5-13H,1-4H3. The first-order chi connectivity index (χ1) is 10.8. The molecule has 0 radical (unpaired) electrons. The predicted molar refractivity (Wildman–Crippen MR) is 101 cm³/mol. The third-order valence-electron chi connectivity index (χ3n) is 3.68.